The van der Waals surface area contributed by atoms with Crippen molar-refractivity contribution in [2.45, 2.75) is 39.7 Å². The summed E-state index contributed by atoms with van der Waals surface area (Å²) < 4.78 is 0. The van der Waals surface area contributed by atoms with Crippen molar-refractivity contribution < 1.29 is 0 Å². The summed E-state index contributed by atoms with van der Waals surface area (Å²) in [6.07, 6.45) is 1.72. The highest BCUT2D eigenvalue weighted by Gasteiger charge is 2.40. The smallest absolute Gasteiger partial charge is 0.132 e. The molecular weight excluding hydrogens is 330 g/mol. The molecule has 0 saturated carbocycles. The van der Waals surface area contributed by atoms with E-state index in [2.05, 4.69) is 63.9 Å². The summed E-state index contributed by atoms with van der Waals surface area (Å²) in [5, 5.41) is 3.36. The van der Waals surface area contributed by atoms with Gasteiger partial charge in [0, 0.05) is 49.6 Å². The van der Waals surface area contributed by atoms with E-state index in [0.29, 0.717) is 0 Å². The minimum absolute atomic E-state index is 0.0652. The first-order chi connectivity index (χ1) is 11.9. The summed E-state index contributed by atoms with van der Waals surface area (Å²) in [6, 6.07) is 2.18. The molecule has 134 valence electrons. The van der Waals surface area contributed by atoms with Gasteiger partial charge in [-0.2, -0.15) is 0 Å². The monoisotopic (exact) mass is 357 g/mol. The second-order valence-corrected chi connectivity index (χ2v) is 9.55. The van der Waals surface area contributed by atoms with Gasteiger partial charge in [-0.05, 0) is 18.8 Å². The van der Waals surface area contributed by atoms with Gasteiger partial charge in [0.2, 0.25) is 0 Å². The Hall–Kier alpha value is -1.53. The van der Waals surface area contributed by atoms with Crippen molar-refractivity contribution in [2.24, 2.45) is 11.8 Å². The van der Waals surface area contributed by atoms with Crippen LogP contribution in [-0.2, 0) is 12.0 Å². The molecule has 4 rings (SSSR count). The van der Waals surface area contributed by atoms with Crippen LogP contribution in [0, 0.1) is 18.8 Å². The molecule has 0 N–H and O–H groups in total. The Morgan fingerprint density at radius 3 is 2.44 bits per heavy atom. The fourth-order valence-electron chi connectivity index (χ4n) is 4.05. The number of aryl methyl sites for hydroxylation is 1. The zero-order chi connectivity index (χ0) is 17.6. The predicted molar refractivity (Wildman–Crippen MR) is 102 cm³/mol. The lowest BCUT2D eigenvalue weighted by Crippen LogP contribution is -2.29. The molecule has 2 unspecified atom stereocenters. The molecule has 0 aliphatic carbocycles. The highest BCUT2D eigenvalue weighted by atomic mass is 32.1. The van der Waals surface area contributed by atoms with E-state index in [1.807, 2.05) is 0 Å². The van der Waals surface area contributed by atoms with E-state index in [1.165, 1.54) is 23.8 Å². The summed E-state index contributed by atoms with van der Waals surface area (Å²) in [4.78, 5) is 18.6. The van der Waals surface area contributed by atoms with E-state index in [0.717, 1.165) is 43.0 Å². The second-order valence-electron chi connectivity index (χ2n) is 8.49. The molecule has 2 aliphatic heterocycles. The van der Waals surface area contributed by atoms with Crippen LogP contribution in [0.4, 0.5) is 5.82 Å². The van der Waals surface area contributed by atoms with E-state index in [9.17, 15) is 0 Å². The Labute approximate surface area is 154 Å². The van der Waals surface area contributed by atoms with Gasteiger partial charge in [0.15, 0.2) is 0 Å². The minimum Gasteiger partial charge on any atom is -0.356 e. The maximum Gasteiger partial charge on any atom is 0.132 e. The molecule has 0 amide bonds. The number of fused-ring (bicyclic) bond motifs is 1. The molecule has 0 spiro atoms. The summed E-state index contributed by atoms with van der Waals surface area (Å²) in [6.45, 7) is 14.3. The molecule has 2 fully saturated rings. The first kappa shape index (κ1) is 16.9. The molecule has 5 nitrogen and oxygen atoms in total. The molecule has 25 heavy (non-hydrogen) atoms. The third-order valence-corrected chi connectivity index (χ3v) is 6.18. The molecule has 6 heteroatoms. The molecule has 0 radical (unpaired) electrons. The topological polar surface area (TPSA) is 45.2 Å². The van der Waals surface area contributed by atoms with Gasteiger partial charge in [0.1, 0.15) is 12.1 Å². The molecule has 0 bridgehead atoms. The number of rotatable bonds is 3. The van der Waals surface area contributed by atoms with Crippen molar-refractivity contribution >= 4 is 17.2 Å². The number of nitrogens with zero attached hydrogens (tertiary/aromatic N) is 5. The molecule has 0 aromatic carbocycles. The second kappa shape index (κ2) is 6.32. The number of aromatic nitrogens is 3. The van der Waals surface area contributed by atoms with Gasteiger partial charge >= 0.3 is 0 Å². The standard InChI is InChI=1S/C19H27N5S/c1-13-22-16(11-25-13)10-23-6-14-8-24(9-15(14)7-23)18-5-17(19(2,3)4)20-12-21-18/h5,11-12,14-15H,6-10H2,1-4H3. The van der Waals surface area contributed by atoms with Crippen molar-refractivity contribution in [3.05, 3.63) is 34.2 Å². The van der Waals surface area contributed by atoms with E-state index in [4.69, 9.17) is 0 Å². The summed E-state index contributed by atoms with van der Waals surface area (Å²) in [5.41, 5.74) is 2.41. The van der Waals surface area contributed by atoms with Crippen molar-refractivity contribution in [1.29, 1.82) is 0 Å². The Balaban J connectivity index is 1.39. The Kier molecular flexibility index (Phi) is 4.28. The lowest BCUT2D eigenvalue weighted by molar-refractivity contribution is 0.305. The highest BCUT2D eigenvalue weighted by Crippen LogP contribution is 2.34. The van der Waals surface area contributed by atoms with Crippen molar-refractivity contribution in [3.63, 3.8) is 0 Å². The Morgan fingerprint density at radius 2 is 1.84 bits per heavy atom. The van der Waals surface area contributed by atoms with Crippen LogP contribution in [0.1, 0.15) is 37.2 Å². The summed E-state index contributed by atoms with van der Waals surface area (Å²) in [5.74, 6) is 2.58. The van der Waals surface area contributed by atoms with E-state index in [-0.39, 0.29) is 5.41 Å². The number of likely N-dealkylation sites (tertiary alicyclic amines) is 1. The van der Waals surface area contributed by atoms with Gasteiger partial charge in [0.25, 0.3) is 0 Å². The van der Waals surface area contributed by atoms with Gasteiger partial charge in [-0.15, -0.1) is 11.3 Å². The quantitative estimate of drug-likeness (QED) is 0.845. The zero-order valence-corrected chi connectivity index (χ0v) is 16.4. The van der Waals surface area contributed by atoms with Crippen molar-refractivity contribution in [2.75, 3.05) is 31.1 Å². The molecule has 2 aliphatic rings. The number of anilines is 1. The van der Waals surface area contributed by atoms with Gasteiger partial charge in [-0.1, -0.05) is 20.8 Å². The number of hydrogen-bond acceptors (Lipinski definition) is 6. The largest absolute Gasteiger partial charge is 0.356 e. The molecule has 2 aromatic rings. The van der Waals surface area contributed by atoms with Crippen LogP contribution in [-0.4, -0.2) is 46.0 Å². The predicted octanol–water partition coefficient (Wildman–Crippen LogP) is 3.11. The van der Waals surface area contributed by atoms with Crippen LogP contribution in [0.15, 0.2) is 17.8 Å². The Morgan fingerprint density at radius 1 is 1.12 bits per heavy atom. The Bertz CT molecular complexity index is 736. The average molecular weight is 358 g/mol. The minimum atomic E-state index is 0.0652. The fourth-order valence-corrected chi connectivity index (χ4v) is 4.65. The van der Waals surface area contributed by atoms with E-state index >= 15 is 0 Å². The van der Waals surface area contributed by atoms with Crippen molar-refractivity contribution in [3.8, 4) is 0 Å². The fraction of sp³-hybridized carbons (Fsp3) is 0.632. The molecular formula is C19H27N5S. The van der Waals surface area contributed by atoms with Crippen LogP contribution in [0.25, 0.3) is 0 Å². The average Bonchev–Trinajstić information content (AvgIpc) is 3.22. The molecule has 4 heterocycles. The molecule has 2 aromatic heterocycles. The van der Waals surface area contributed by atoms with Crippen LogP contribution < -0.4 is 4.90 Å². The molecule has 2 atom stereocenters. The first-order valence-corrected chi connectivity index (χ1v) is 9.97. The highest BCUT2D eigenvalue weighted by molar-refractivity contribution is 7.09. The number of hydrogen-bond donors (Lipinski definition) is 0. The van der Waals surface area contributed by atoms with E-state index < -0.39 is 0 Å². The SMILES string of the molecule is Cc1nc(CN2CC3CN(c4cc(C(C)(C)C)ncn4)CC3C2)cs1. The molecule has 2 saturated heterocycles. The van der Waals surface area contributed by atoms with Gasteiger partial charge in [0.05, 0.1) is 16.4 Å². The summed E-state index contributed by atoms with van der Waals surface area (Å²) >= 11 is 1.75. The van der Waals surface area contributed by atoms with Gasteiger partial charge in [-0.3, -0.25) is 4.90 Å². The van der Waals surface area contributed by atoms with Crippen LogP contribution in [0.5, 0.6) is 0 Å². The maximum atomic E-state index is 4.61. The van der Waals surface area contributed by atoms with Crippen LogP contribution in [0.2, 0.25) is 0 Å². The number of thiazole rings is 1. The van der Waals surface area contributed by atoms with Crippen LogP contribution in [0.3, 0.4) is 0 Å². The van der Waals surface area contributed by atoms with Crippen LogP contribution >= 0.6 is 11.3 Å². The normalized spacial score (nSPS) is 24.1. The zero-order valence-electron chi connectivity index (χ0n) is 15.6. The first-order valence-electron chi connectivity index (χ1n) is 9.09. The van der Waals surface area contributed by atoms with E-state index in [1.54, 1.807) is 17.7 Å². The van der Waals surface area contributed by atoms with Crippen molar-refractivity contribution in [1.82, 2.24) is 19.9 Å². The lowest BCUT2D eigenvalue weighted by atomic mass is 9.92. The third-order valence-electron chi connectivity index (χ3n) is 5.36. The van der Waals surface area contributed by atoms with Gasteiger partial charge < -0.3 is 4.90 Å². The van der Waals surface area contributed by atoms with Gasteiger partial charge in [-0.25, -0.2) is 15.0 Å². The third kappa shape index (κ3) is 3.55. The summed E-state index contributed by atoms with van der Waals surface area (Å²) in [7, 11) is 0. The maximum absolute atomic E-state index is 4.61. The lowest BCUT2D eigenvalue weighted by Gasteiger charge is -2.24.